The second kappa shape index (κ2) is 6.25. The molecule has 4 nitrogen and oxygen atoms in total. The van der Waals surface area contributed by atoms with Crippen LogP contribution in [0.2, 0.25) is 0 Å². The Morgan fingerprint density at radius 1 is 1.29 bits per heavy atom. The van der Waals surface area contributed by atoms with Gasteiger partial charge in [-0.15, -0.1) is 0 Å². The number of esters is 1. The summed E-state index contributed by atoms with van der Waals surface area (Å²) >= 11 is 0. The number of hydrogen-bond donors (Lipinski definition) is 1. The monoisotopic (exact) mass is 237 g/mol. The van der Waals surface area contributed by atoms with Gasteiger partial charge in [0.1, 0.15) is 5.75 Å². The van der Waals surface area contributed by atoms with Crippen molar-refractivity contribution in [1.29, 1.82) is 0 Å². The first kappa shape index (κ1) is 13.5. The molecule has 0 aliphatic heterocycles. The third-order valence-corrected chi connectivity index (χ3v) is 2.12. The highest BCUT2D eigenvalue weighted by molar-refractivity contribution is 5.71. The number of carbonyl (C=O) groups excluding carboxylic acids is 1. The van der Waals surface area contributed by atoms with Crippen molar-refractivity contribution < 1.29 is 14.3 Å². The van der Waals surface area contributed by atoms with Gasteiger partial charge in [0.15, 0.2) is 6.61 Å². The average molecular weight is 237 g/mol. The highest BCUT2D eigenvalue weighted by Gasteiger charge is 2.10. The second-order valence-corrected chi connectivity index (χ2v) is 4.15. The van der Waals surface area contributed by atoms with E-state index in [0.29, 0.717) is 5.75 Å². The molecule has 1 aromatic rings. The maximum Gasteiger partial charge on any atom is 0.344 e. The maximum atomic E-state index is 11.3. The van der Waals surface area contributed by atoms with Gasteiger partial charge >= 0.3 is 5.97 Å². The molecule has 0 amide bonds. The fraction of sp³-hybridized carbons (Fsp3) is 0.462. The van der Waals surface area contributed by atoms with E-state index in [9.17, 15) is 4.79 Å². The van der Waals surface area contributed by atoms with Crippen molar-refractivity contribution in [2.75, 3.05) is 6.61 Å². The van der Waals surface area contributed by atoms with Crippen LogP contribution in [0.5, 0.6) is 5.75 Å². The standard InChI is InChI=1S/C13H19NO3/c1-9(2)17-13(15)8-16-12-7-5-4-6-11(12)10(3)14/h4-7,9-10H,8,14H2,1-3H3. The van der Waals surface area contributed by atoms with Gasteiger partial charge < -0.3 is 15.2 Å². The van der Waals surface area contributed by atoms with Crippen molar-refractivity contribution in [3.05, 3.63) is 29.8 Å². The molecule has 1 atom stereocenters. The van der Waals surface area contributed by atoms with E-state index < -0.39 is 0 Å². The van der Waals surface area contributed by atoms with E-state index in [1.165, 1.54) is 0 Å². The average Bonchev–Trinajstić information content (AvgIpc) is 2.25. The Morgan fingerprint density at radius 2 is 1.94 bits per heavy atom. The summed E-state index contributed by atoms with van der Waals surface area (Å²) in [7, 11) is 0. The number of ether oxygens (including phenoxy) is 2. The molecule has 0 fully saturated rings. The molecule has 2 N–H and O–H groups in total. The van der Waals surface area contributed by atoms with E-state index in [1.54, 1.807) is 19.9 Å². The van der Waals surface area contributed by atoms with Gasteiger partial charge in [-0.2, -0.15) is 0 Å². The van der Waals surface area contributed by atoms with E-state index >= 15 is 0 Å². The molecule has 0 aliphatic carbocycles. The fourth-order valence-corrected chi connectivity index (χ4v) is 1.42. The summed E-state index contributed by atoms with van der Waals surface area (Å²) in [5, 5.41) is 0. The lowest BCUT2D eigenvalue weighted by molar-refractivity contribution is -0.149. The molecule has 0 saturated carbocycles. The van der Waals surface area contributed by atoms with Crippen LogP contribution in [0.4, 0.5) is 0 Å². The van der Waals surface area contributed by atoms with Crippen molar-refractivity contribution in [2.24, 2.45) is 5.73 Å². The molecule has 1 unspecified atom stereocenters. The molecule has 17 heavy (non-hydrogen) atoms. The van der Waals surface area contributed by atoms with Crippen molar-refractivity contribution in [3.63, 3.8) is 0 Å². The zero-order valence-corrected chi connectivity index (χ0v) is 10.5. The molecule has 1 rings (SSSR count). The Hall–Kier alpha value is -1.55. The molecule has 0 radical (unpaired) electrons. The zero-order chi connectivity index (χ0) is 12.8. The minimum Gasteiger partial charge on any atom is -0.482 e. The second-order valence-electron chi connectivity index (χ2n) is 4.15. The molecule has 0 aliphatic rings. The van der Waals surface area contributed by atoms with Gasteiger partial charge in [0.2, 0.25) is 0 Å². The highest BCUT2D eigenvalue weighted by atomic mass is 16.6. The molecule has 94 valence electrons. The lowest BCUT2D eigenvalue weighted by atomic mass is 10.1. The first-order chi connectivity index (χ1) is 8.00. The van der Waals surface area contributed by atoms with E-state index in [-0.39, 0.29) is 24.7 Å². The zero-order valence-electron chi connectivity index (χ0n) is 10.5. The lowest BCUT2D eigenvalue weighted by Crippen LogP contribution is -2.19. The summed E-state index contributed by atoms with van der Waals surface area (Å²) in [5.41, 5.74) is 6.68. The third kappa shape index (κ3) is 4.44. The van der Waals surface area contributed by atoms with Gasteiger partial charge in [0, 0.05) is 11.6 Å². The molecular formula is C13H19NO3. The molecule has 0 heterocycles. The predicted molar refractivity (Wildman–Crippen MR) is 65.8 cm³/mol. The molecule has 0 aromatic heterocycles. The van der Waals surface area contributed by atoms with Gasteiger partial charge in [-0.05, 0) is 26.8 Å². The first-order valence-corrected chi connectivity index (χ1v) is 5.67. The van der Waals surface area contributed by atoms with E-state index in [4.69, 9.17) is 15.2 Å². The summed E-state index contributed by atoms with van der Waals surface area (Å²) in [5.74, 6) is 0.252. The number of benzene rings is 1. The Balaban J connectivity index is 2.60. The van der Waals surface area contributed by atoms with Crippen LogP contribution >= 0.6 is 0 Å². The van der Waals surface area contributed by atoms with Crippen LogP contribution in [-0.2, 0) is 9.53 Å². The summed E-state index contributed by atoms with van der Waals surface area (Å²) in [4.78, 5) is 11.3. The van der Waals surface area contributed by atoms with Crippen LogP contribution in [0.25, 0.3) is 0 Å². The number of carbonyl (C=O) groups is 1. The van der Waals surface area contributed by atoms with Crippen molar-refractivity contribution in [3.8, 4) is 5.75 Å². The van der Waals surface area contributed by atoms with E-state index in [1.807, 2.05) is 25.1 Å². The molecule has 0 bridgehead atoms. The summed E-state index contributed by atoms with van der Waals surface area (Å²) in [6, 6.07) is 7.27. The van der Waals surface area contributed by atoms with Crippen LogP contribution in [0, 0.1) is 0 Å². The number of rotatable bonds is 5. The molecule has 1 aromatic carbocycles. The Bertz CT molecular complexity index is 375. The van der Waals surface area contributed by atoms with Crippen molar-refractivity contribution in [1.82, 2.24) is 0 Å². The van der Waals surface area contributed by atoms with Gasteiger partial charge in [-0.3, -0.25) is 0 Å². The number of nitrogens with two attached hydrogens (primary N) is 1. The molecule has 0 spiro atoms. The minimum atomic E-state index is -0.375. The number of para-hydroxylation sites is 1. The third-order valence-electron chi connectivity index (χ3n) is 2.12. The minimum absolute atomic E-state index is 0.0953. The van der Waals surface area contributed by atoms with Crippen LogP contribution in [0.3, 0.4) is 0 Å². The summed E-state index contributed by atoms with van der Waals surface area (Å²) < 4.78 is 10.4. The molecule has 4 heteroatoms. The summed E-state index contributed by atoms with van der Waals surface area (Å²) in [6.45, 7) is 5.37. The lowest BCUT2D eigenvalue weighted by Gasteiger charge is -2.14. The Morgan fingerprint density at radius 3 is 2.53 bits per heavy atom. The SMILES string of the molecule is CC(C)OC(=O)COc1ccccc1C(C)N. The smallest absolute Gasteiger partial charge is 0.344 e. The highest BCUT2D eigenvalue weighted by Crippen LogP contribution is 2.23. The fourth-order valence-electron chi connectivity index (χ4n) is 1.42. The van der Waals surface area contributed by atoms with Crippen molar-refractivity contribution >= 4 is 5.97 Å². The quantitative estimate of drug-likeness (QED) is 0.796. The van der Waals surface area contributed by atoms with Gasteiger partial charge in [0.25, 0.3) is 0 Å². The maximum absolute atomic E-state index is 11.3. The first-order valence-electron chi connectivity index (χ1n) is 5.67. The number of hydrogen-bond acceptors (Lipinski definition) is 4. The molecular weight excluding hydrogens is 218 g/mol. The summed E-state index contributed by atoms with van der Waals surface area (Å²) in [6.07, 6.45) is -0.130. The largest absolute Gasteiger partial charge is 0.482 e. The van der Waals surface area contributed by atoms with Crippen LogP contribution in [0.1, 0.15) is 32.4 Å². The predicted octanol–water partition coefficient (Wildman–Crippen LogP) is 2.04. The van der Waals surface area contributed by atoms with Crippen molar-refractivity contribution in [2.45, 2.75) is 32.9 Å². The Kier molecular flexibility index (Phi) is 4.97. The van der Waals surface area contributed by atoms with E-state index in [2.05, 4.69) is 0 Å². The van der Waals surface area contributed by atoms with E-state index in [0.717, 1.165) is 5.56 Å². The van der Waals surface area contributed by atoms with Gasteiger partial charge in [-0.25, -0.2) is 4.79 Å². The van der Waals surface area contributed by atoms with Crippen LogP contribution in [0.15, 0.2) is 24.3 Å². The van der Waals surface area contributed by atoms with Gasteiger partial charge in [0.05, 0.1) is 6.10 Å². The normalized spacial score (nSPS) is 12.3. The topological polar surface area (TPSA) is 61.5 Å². The Labute approximate surface area is 102 Å². The molecule has 0 saturated heterocycles. The van der Waals surface area contributed by atoms with Crippen LogP contribution < -0.4 is 10.5 Å². The van der Waals surface area contributed by atoms with Crippen LogP contribution in [-0.4, -0.2) is 18.7 Å². The van der Waals surface area contributed by atoms with Gasteiger partial charge in [-0.1, -0.05) is 18.2 Å².